The molecular weight excluding hydrogens is 390 g/mol. The fourth-order valence-electron chi connectivity index (χ4n) is 4.64. The van der Waals surface area contributed by atoms with Crippen molar-refractivity contribution in [3.8, 4) is 0 Å². The average Bonchev–Trinajstić information content (AvgIpc) is 3.21. The number of H-pyrrole nitrogens is 1. The standard InChI is InChI=1S/C24H27N5O2/c30-23(28-15-13-27(14-16-28)22-7-3-4-11-25-22)8-9-24(31)29-12-10-21-19(17-29)18-5-1-2-6-20(18)26-21/h1-7,11,26H,8-10,12-17H2. The molecule has 2 aliphatic heterocycles. The molecule has 0 bridgehead atoms. The first-order chi connectivity index (χ1) is 15.2. The smallest absolute Gasteiger partial charge is 0.223 e. The number of piperazine rings is 1. The van der Waals surface area contributed by atoms with Crippen molar-refractivity contribution in [1.82, 2.24) is 19.8 Å². The summed E-state index contributed by atoms with van der Waals surface area (Å²) in [5, 5.41) is 1.19. The number of hydrogen-bond acceptors (Lipinski definition) is 4. The number of carbonyl (C=O) groups is 2. The minimum atomic E-state index is 0.0661. The number of fused-ring (bicyclic) bond motifs is 3. The molecule has 31 heavy (non-hydrogen) atoms. The molecule has 0 saturated carbocycles. The molecule has 7 heteroatoms. The van der Waals surface area contributed by atoms with E-state index >= 15 is 0 Å². The minimum Gasteiger partial charge on any atom is -0.358 e. The number of para-hydroxylation sites is 1. The number of carbonyl (C=O) groups excluding carboxylic acids is 2. The molecule has 2 aliphatic rings. The van der Waals surface area contributed by atoms with Gasteiger partial charge in [-0.15, -0.1) is 0 Å². The Balaban J connectivity index is 1.13. The van der Waals surface area contributed by atoms with E-state index in [1.165, 1.54) is 16.6 Å². The maximum atomic E-state index is 12.8. The lowest BCUT2D eigenvalue weighted by Gasteiger charge is -2.35. The number of aromatic amines is 1. The lowest BCUT2D eigenvalue weighted by molar-refractivity contribution is -0.137. The molecule has 0 spiro atoms. The fraction of sp³-hybridized carbons (Fsp3) is 0.375. The van der Waals surface area contributed by atoms with Gasteiger partial charge in [0, 0.05) is 86.9 Å². The van der Waals surface area contributed by atoms with E-state index in [2.05, 4.69) is 27.0 Å². The first kappa shape index (κ1) is 19.6. The Morgan fingerprint density at radius 2 is 1.61 bits per heavy atom. The maximum absolute atomic E-state index is 12.8. The molecule has 1 N–H and O–H groups in total. The molecule has 4 heterocycles. The number of nitrogens with one attached hydrogen (secondary N) is 1. The highest BCUT2D eigenvalue weighted by atomic mass is 16.2. The van der Waals surface area contributed by atoms with Gasteiger partial charge in [0.2, 0.25) is 11.8 Å². The first-order valence-corrected chi connectivity index (χ1v) is 11.0. The second-order valence-electron chi connectivity index (χ2n) is 8.25. The number of aromatic nitrogens is 2. The third-order valence-electron chi connectivity index (χ3n) is 6.39. The highest BCUT2D eigenvalue weighted by molar-refractivity contribution is 5.87. The van der Waals surface area contributed by atoms with Gasteiger partial charge in [-0.25, -0.2) is 4.98 Å². The van der Waals surface area contributed by atoms with Crippen molar-refractivity contribution in [1.29, 1.82) is 0 Å². The van der Waals surface area contributed by atoms with Crippen LogP contribution in [0.4, 0.5) is 5.82 Å². The molecule has 7 nitrogen and oxygen atoms in total. The quantitative estimate of drug-likeness (QED) is 0.708. The van der Waals surface area contributed by atoms with Crippen LogP contribution in [-0.4, -0.2) is 64.3 Å². The van der Waals surface area contributed by atoms with Crippen LogP contribution >= 0.6 is 0 Å². The SMILES string of the molecule is O=C(CCC(=O)N1CCc2[nH]c3ccccc3c2C1)N1CCN(c2ccccn2)CC1. The van der Waals surface area contributed by atoms with Crippen LogP contribution in [0.15, 0.2) is 48.7 Å². The van der Waals surface area contributed by atoms with Crippen LogP contribution in [0, 0.1) is 0 Å². The molecule has 0 atom stereocenters. The average molecular weight is 418 g/mol. The minimum absolute atomic E-state index is 0.0661. The molecule has 2 aromatic heterocycles. The monoisotopic (exact) mass is 417 g/mol. The summed E-state index contributed by atoms with van der Waals surface area (Å²) < 4.78 is 0. The van der Waals surface area contributed by atoms with Crippen LogP contribution in [0.2, 0.25) is 0 Å². The van der Waals surface area contributed by atoms with Crippen molar-refractivity contribution >= 4 is 28.5 Å². The number of rotatable bonds is 4. The molecule has 0 aliphatic carbocycles. The van der Waals surface area contributed by atoms with Crippen molar-refractivity contribution in [3.05, 3.63) is 59.9 Å². The van der Waals surface area contributed by atoms with Gasteiger partial charge in [0.05, 0.1) is 0 Å². The fourth-order valence-corrected chi connectivity index (χ4v) is 4.64. The van der Waals surface area contributed by atoms with Crippen LogP contribution in [0.25, 0.3) is 10.9 Å². The van der Waals surface area contributed by atoms with Gasteiger partial charge >= 0.3 is 0 Å². The highest BCUT2D eigenvalue weighted by Gasteiger charge is 2.26. The zero-order chi connectivity index (χ0) is 21.2. The van der Waals surface area contributed by atoms with Crippen molar-refractivity contribution in [3.63, 3.8) is 0 Å². The number of nitrogens with zero attached hydrogens (tertiary/aromatic N) is 4. The summed E-state index contributed by atoms with van der Waals surface area (Å²) in [7, 11) is 0. The molecule has 1 fully saturated rings. The van der Waals surface area contributed by atoms with Crippen LogP contribution in [0.1, 0.15) is 24.1 Å². The van der Waals surface area contributed by atoms with E-state index in [9.17, 15) is 9.59 Å². The molecule has 0 radical (unpaired) electrons. The van der Waals surface area contributed by atoms with E-state index in [0.717, 1.165) is 30.8 Å². The molecule has 5 rings (SSSR count). The Bertz CT molecular complexity index is 1090. The molecule has 3 aromatic rings. The van der Waals surface area contributed by atoms with Crippen LogP contribution in [-0.2, 0) is 22.6 Å². The largest absolute Gasteiger partial charge is 0.358 e. The topological polar surface area (TPSA) is 72.5 Å². The van der Waals surface area contributed by atoms with Gasteiger partial charge in [0.15, 0.2) is 0 Å². The summed E-state index contributed by atoms with van der Waals surface area (Å²) in [5.74, 6) is 1.08. The number of pyridine rings is 1. The maximum Gasteiger partial charge on any atom is 0.223 e. The van der Waals surface area contributed by atoms with E-state index in [4.69, 9.17) is 0 Å². The lowest BCUT2D eigenvalue weighted by Crippen LogP contribution is -2.49. The van der Waals surface area contributed by atoms with E-state index < -0.39 is 0 Å². The summed E-state index contributed by atoms with van der Waals surface area (Å²) >= 11 is 0. The van der Waals surface area contributed by atoms with Crippen LogP contribution < -0.4 is 4.90 Å². The molecule has 1 aromatic carbocycles. The van der Waals surface area contributed by atoms with Crippen molar-refractivity contribution in [2.24, 2.45) is 0 Å². The Hall–Kier alpha value is -3.35. The molecule has 0 unspecified atom stereocenters. The van der Waals surface area contributed by atoms with Gasteiger partial charge < -0.3 is 19.7 Å². The van der Waals surface area contributed by atoms with E-state index in [-0.39, 0.29) is 24.7 Å². The molecule has 160 valence electrons. The van der Waals surface area contributed by atoms with Crippen molar-refractivity contribution in [2.75, 3.05) is 37.6 Å². The highest BCUT2D eigenvalue weighted by Crippen LogP contribution is 2.28. The predicted octanol–water partition coefficient (Wildman–Crippen LogP) is 2.58. The summed E-state index contributed by atoms with van der Waals surface area (Å²) in [4.78, 5) is 39.3. The summed E-state index contributed by atoms with van der Waals surface area (Å²) in [6.07, 6.45) is 3.17. The molecule has 2 amide bonds. The third kappa shape index (κ3) is 4.00. The van der Waals surface area contributed by atoms with Gasteiger partial charge in [-0.1, -0.05) is 24.3 Å². The number of amides is 2. The van der Waals surface area contributed by atoms with Crippen LogP contribution in [0.3, 0.4) is 0 Å². The summed E-state index contributed by atoms with van der Waals surface area (Å²) in [5.41, 5.74) is 3.57. The van der Waals surface area contributed by atoms with Gasteiger partial charge in [0.1, 0.15) is 5.82 Å². The van der Waals surface area contributed by atoms with E-state index in [1.54, 1.807) is 6.20 Å². The Morgan fingerprint density at radius 3 is 2.39 bits per heavy atom. The van der Waals surface area contributed by atoms with Gasteiger partial charge in [-0.3, -0.25) is 9.59 Å². The van der Waals surface area contributed by atoms with Crippen molar-refractivity contribution in [2.45, 2.75) is 25.8 Å². The van der Waals surface area contributed by atoms with Gasteiger partial charge in [0.25, 0.3) is 0 Å². The normalized spacial score (nSPS) is 16.5. The Labute approximate surface area is 181 Å². The van der Waals surface area contributed by atoms with E-state index in [1.807, 2.05) is 40.1 Å². The Kier molecular flexibility index (Phi) is 5.32. The van der Waals surface area contributed by atoms with Crippen molar-refractivity contribution < 1.29 is 9.59 Å². The third-order valence-corrected chi connectivity index (χ3v) is 6.39. The number of hydrogen-bond donors (Lipinski definition) is 1. The molecule has 1 saturated heterocycles. The Morgan fingerprint density at radius 1 is 0.871 bits per heavy atom. The number of anilines is 1. The van der Waals surface area contributed by atoms with Gasteiger partial charge in [-0.2, -0.15) is 0 Å². The second-order valence-corrected chi connectivity index (χ2v) is 8.25. The van der Waals surface area contributed by atoms with E-state index in [0.29, 0.717) is 26.2 Å². The van der Waals surface area contributed by atoms with Crippen LogP contribution in [0.5, 0.6) is 0 Å². The molecular formula is C24H27N5O2. The summed E-state index contributed by atoms with van der Waals surface area (Å²) in [6, 6.07) is 14.1. The first-order valence-electron chi connectivity index (χ1n) is 11.0. The predicted molar refractivity (Wildman–Crippen MR) is 120 cm³/mol. The summed E-state index contributed by atoms with van der Waals surface area (Å²) in [6.45, 7) is 4.21. The lowest BCUT2D eigenvalue weighted by atomic mass is 10.0. The zero-order valence-electron chi connectivity index (χ0n) is 17.6. The number of benzene rings is 1. The second kappa shape index (κ2) is 8.41. The van der Waals surface area contributed by atoms with Gasteiger partial charge in [-0.05, 0) is 18.2 Å². The zero-order valence-corrected chi connectivity index (χ0v) is 17.6.